The first-order valence-corrected chi connectivity index (χ1v) is 7.52. The molecule has 126 valence electrons. The van der Waals surface area contributed by atoms with Crippen LogP contribution in [0.2, 0.25) is 0 Å². The molecule has 0 aliphatic carbocycles. The summed E-state index contributed by atoms with van der Waals surface area (Å²) in [7, 11) is 1.59. The van der Waals surface area contributed by atoms with Crippen LogP contribution in [0.5, 0.6) is 5.75 Å². The molecule has 1 aromatic carbocycles. The van der Waals surface area contributed by atoms with Gasteiger partial charge in [-0.15, -0.1) is 0 Å². The van der Waals surface area contributed by atoms with Crippen molar-refractivity contribution in [3.63, 3.8) is 0 Å². The van der Waals surface area contributed by atoms with Gasteiger partial charge in [0.05, 0.1) is 18.4 Å². The lowest BCUT2D eigenvalue weighted by Crippen LogP contribution is -2.03. The van der Waals surface area contributed by atoms with Crippen LogP contribution >= 0.6 is 0 Å². The Bertz CT molecular complexity index is 1120. The number of H-pyrrole nitrogens is 1. The van der Waals surface area contributed by atoms with Crippen LogP contribution in [0.1, 0.15) is 22.1 Å². The predicted octanol–water partition coefficient (Wildman–Crippen LogP) is 3.09. The smallest absolute Gasteiger partial charge is 0.374 e. The van der Waals surface area contributed by atoms with Crippen LogP contribution in [0.25, 0.3) is 33.1 Å². The van der Waals surface area contributed by atoms with Crippen molar-refractivity contribution in [2.75, 3.05) is 7.11 Å². The van der Waals surface area contributed by atoms with Crippen molar-refractivity contribution in [3.05, 3.63) is 35.6 Å². The molecule has 3 heterocycles. The number of aromatic amines is 1. The maximum atomic E-state index is 11.1. The number of nitrogens with zero attached hydrogens (tertiary/aromatic N) is 3. The molecule has 25 heavy (non-hydrogen) atoms. The van der Waals surface area contributed by atoms with Gasteiger partial charge in [-0.1, -0.05) is 5.16 Å². The minimum atomic E-state index is -1.17. The average molecular weight is 338 g/mol. The number of aromatic nitrogens is 4. The molecule has 3 aromatic heterocycles. The maximum Gasteiger partial charge on any atom is 0.374 e. The zero-order valence-corrected chi connectivity index (χ0v) is 13.7. The number of aromatic carboxylic acids is 1. The van der Waals surface area contributed by atoms with E-state index in [1.165, 1.54) is 6.20 Å². The van der Waals surface area contributed by atoms with Gasteiger partial charge in [-0.25, -0.2) is 14.8 Å². The molecule has 0 aliphatic rings. The van der Waals surface area contributed by atoms with E-state index in [0.717, 1.165) is 33.1 Å². The quantitative estimate of drug-likeness (QED) is 0.590. The molecule has 8 nitrogen and oxygen atoms in total. The molecule has 4 rings (SSSR count). The molecule has 0 amide bonds. The van der Waals surface area contributed by atoms with E-state index in [1.54, 1.807) is 7.11 Å². The molecule has 0 atom stereocenters. The predicted molar refractivity (Wildman–Crippen MR) is 89.9 cm³/mol. The highest BCUT2D eigenvalue weighted by molar-refractivity contribution is 6.08. The number of ether oxygens (including phenoxy) is 1. The van der Waals surface area contributed by atoms with Crippen molar-refractivity contribution in [2.24, 2.45) is 0 Å². The summed E-state index contributed by atoms with van der Waals surface area (Å²) in [6, 6.07) is 3.79. The summed E-state index contributed by atoms with van der Waals surface area (Å²) in [5.74, 6) is -0.0733. The summed E-state index contributed by atoms with van der Waals surface area (Å²) < 4.78 is 10.8. The molecular weight excluding hydrogens is 324 g/mol. The van der Waals surface area contributed by atoms with E-state index in [-0.39, 0.29) is 5.82 Å². The molecule has 0 bridgehead atoms. The molecule has 0 fully saturated rings. The van der Waals surface area contributed by atoms with E-state index in [0.29, 0.717) is 17.2 Å². The lowest BCUT2D eigenvalue weighted by molar-refractivity contribution is 0.0684. The minimum absolute atomic E-state index is 0.253. The number of hydrogen-bond acceptors (Lipinski definition) is 6. The van der Waals surface area contributed by atoms with Gasteiger partial charge < -0.3 is 19.4 Å². The van der Waals surface area contributed by atoms with Crippen molar-refractivity contribution in [1.82, 2.24) is 20.1 Å². The van der Waals surface area contributed by atoms with Gasteiger partial charge in [0.25, 0.3) is 0 Å². The first-order chi connectivity index (χ1) is 12.0. The summed E-state index contributed by atoms with van der Waals surface area (Å²) >= 11 is 0. The molecule has 0 radical (unpaired) electrons. The Hall–Kier alpha value is -3.42. The molecule has 4 aromatic rings. The second kappa shape index (κ2) is 5.30. The fraction of sp³-hybridized carbons (Fsp3) is 0.176. The number of nitrogens with one attached hydrogen (secondary N) is 1. The first kappa shape index (κ1) is 15.1. The van der Waals surface area contributed by atoms with Crippen LogP contribution in [-0.2, 0) is 0 Å². The molecule has 8 heteroatoms. The number of benzene rings is 1. The topological polar surface area (TPSA) is 114 Å². The van der Waals surface area contributed by atoms with Crippen LogP contribution in [-0.4, -0.2) is 38.3 Å². The number of fused-ring (bicyclic) bond motifs is 3. The molecule has 0 saturated carbocycles. The monoisotopic (exact) mass is 338 g/mol. The van der Waals surface area contributed by atoms with Crippen molar-refractivity contribution < 1.29 is 19.2 Å². The number of aryl methyl sites for hydroxylation is 2. The molecular formula is C17H14N4O4. The van der Waals surface area contributed by atoms with E-state index in [9.17, 15) is 4.79 Å². The number of hydrogen-bond donors (Lipinski definition) is 2. The van der Waals surface area contributed by atoms with Gasteiger partial charge in [0.2, 0.25) is 5.82 Å². The van der Waals surface area contributed by atoms with Crippen LogP contribution < -0.4 is 4.74 Å². The summed E-state index contributed by atoms with van der Waals surface area (Å²) in [6.45, 7) is 3.71. The van der Waals surface area contributed by atoms with Gasteiger partial charge >= 0.3 is 5.97 Å². The van der Waals surface area contributed by atoms with Crippen molar-refractivity contribution >= 4 is 27.9 Å². The Morgan fingerprint density at radius 2 is 2.08 bits per heavy atom. The standard InChI is InChI=1S/C17H14N4O4/c1-7-14(8(2)25-21-7)10-4-12-9(5-13(10)24-3)11-6-18-16(17(22)23)20-15(11)19-12/h4-6H,1-3H3,(H,22,23)(H,18,19,20). The van der Waals surface area contributed by atoms with E-state index < -0.39 is 5.97 Å². The Balaban J connectivity index is 2.03. The van der Waals surface area contributed by atoms with E-state index >= 15 is 0 Å². The van der Waals surface area contributed by atoms with E-state index in [2.05, 4.69) is 20.1 Å². The van der Waals surface area contributed by atoms with Crippen molar-refractivity contribution in [1.29, 1.82) is 0 Å². The van der Waals surface area contributed by atoms with Crippen LogP contribution in [0.3, 0.4) is 0 Å². The van der Waals surface area contributed by atoms with E-state index in [4.69, 9.17) is 14.4 Å². The number of methoxy groups -OCH3 is 1. The molecule has 0 unspecified atom stereocenters. The van der Waals surface area contributed by atoms with Gasteiger partial charge in [0, 0.05) is 28.0 Å². The molecule has 0 spiro atoms. The fourth-order valence-electron chi connectivity index (χ4n) is 3.04. The Morgan fingerprint density at radius 3 is 2.72 bits per heavy atom. The van der Waals surface area contributed by atoms with E-state index in [1.807, 2.05) is 26.0 Å². The largest absolute Gasteiger partial charge is 0.496 e. The second-order valence-corrected chi connectivity index (χ2v) is 5.68. The zero-order chi connectivity index (χ0) is 17.7. The number of carbonyl (C=O) groups is 1. The van der Waals surface area contributed by atoms with Crippen LogP contribution in [0, 0.1) is 13.8 Å². The van der Waals surface area contributed by atoms with Gasteiger partial charge in [-0.3, -0.25) is 0 Å². The number of carboxylic acids is 1. The molecule has 0 aliphatic heterocycles. The lowest BCUT2D eigenvalue weighted by atomic mass is 10.0. The third-order valence-corrected chi connectivity index (χ3v) is 4.17. The highest BCUT2D eigenvalue weighted by Crippen LogP contribution is 2.39. The zero-order valence-electron chi connectivity index (χ0n) is 13.7. The number of rotatable bonds is 3. The van der Waals surface area contributed by atoms with Gasteiger partial charge in [0.1, 0.15) is 17.2 Å². The van der Waals surface area contributed by atoms with Gasteiger partial charge in [0.15, 0.2) is 0 Å². The normalized spacial score (nSPS) is 11.3. The Kier molecular flexibility index (Phi) is 3.21. The fourth-order valence-corrected chi connectivity index (χ4v) is 3.04. The third kappa shape index (κ3) is 2.22. The highest BCUT2D eigenvalue weighted by atomic mass is 16.5. The second-order valence-electron chi connectivity index (χ2n) is 5.68. The minimum Gasteiger partial charge on any atom is -0.496 e. The summed E-state index contributed by atoms with van der Waals surface area (Å²) in [6.07, 6.45) is 1.50. The Morgan fingerprint density at radius 1 is 1.28 bits per heavy atom. The SMILES string of the molecule is COc1cc2c(cc1-c1c(C)noc1C)[nH]c1nc(C(=O)O)ncc12. The van der Waals surface area contributed by atoms with Crippen molar-refractivity contribution in [3.8, 4) is 16.9 Å². The molecule has 0 saturated heterocycles. The van der Waals surface area contributed by atoms with Crippen LogP contribution in [0.15, 0.2) is 22.9 Å². The third-order valence-electron chi connectivity index (χ3n) is 4.17. The first-order valence-electron chi connectivity index (χ1n) is 7.52. The average Bonchev–Trinajstić information content (AvgIpc) is 3.12. The molecule has 2 N–H and O–H groups in total. The highest BCUT2D eigenvalue weighted by Gasteiger charge is 2.19. The summed E-state index contributed by atoms with van der Waals surface area (Å²) in [5.41, 5.74) is 3.72. The summed E-state index contributed by atoms with van der Waals surface area (Å²) in [5, 5.41) is 14.6. The van der Waals surface area contributed by atoms with Crippen LogP contribution in [0.4, 0.5) is 0 Å². The summed E-state index contributed by atoms with van der Waals surface area (Å²) in [4.78, 5) is 22.2. The lowest BCUT2D eigenvalue weighted by Gasteiger charge is -2.08. The van der Waals surface area contributed by atoms with Gasteiger partial charge in [-0.2, -0.15) is 0 Å². The van der Waals surface area contributed by atoms with Gasteiger partial charge in [-0.05, 0) is 26.0 Å². The Labute approximate surface area is 141 Å². The number of carboxylic acid groups (broad SMARTS) is 1. The van der Waals surface area contributed by atoms with Crippen molar-refractivity contribution in [2.45, 2.75) is 13.8 Å². The maximum absolute atomic E-state index is 11.1.